The monoisotopic (exact) mass is 304 g/mol. The van der Waals surface area contributed by atoms with Crippen LogP contribution in [0.1, 0.15) is 18.9 Å². The molecule has 17 heavy (non-hydrogen) atoms. The highest BCUT2D eigenvalue weighted by Crippen LogP contribution is 2.30. The summed E-state index contributed by atoms with van der Waals surface area (Å²) >= 11 is 2.26. The molecule has 1 aromatic rings. The minimum Gasteiger partial charge on any atom is -0.389 e. The molecule has 1 N–H and O–H groups in total. The van der Waals surface area contributed by atoms with Crippen molar-refractivity contribution in [3.63, 3.8) is 0 Å². The van der Waals surface area contributed by atoms with Crippen LogP contribution < -0.4 is 0 Å². The number of rotatable bonds is 5. The van der Waals surface area contributed by atoms with Crippen LogP contribution in [0.15, 0.2) is 42.0 Å². The zero-order chi connectivity index (χ0) is 12.9. The van der Waals surface area contributed by atoms with Crippen LogP contribution in [0.2, 0.25) is 0 Å². The molecule has 0 saturated carbocycles. The molecule has 0 spiro atoms. The summed E-state index contributed by atoms with van der Waals surface area (Å²) in [5.41, 5.74) is 0.918. The zero-order valence-electron chi connectivity index (χ0n) is 9.54. The summed E-state index contributed by atoms with van der Waals surface area (Å²) in [5, 5.41) is 9.61. The standard InChI is InChI=1S/C13H15BrF2O/c1-10(13(14,15)16)9-12(17)8-7-11-5-3-2-4-6-11/h2-6,9,12,17H,7-8H2,1H3/b10-9+. The zero-order valence-corrected chi connectivity index (χ0v) is 11.1. The second kappa shape index (κ2) is 6.26. The van der Waals surface area contributed by atoms with E-state index in [-0.39, 0.29) is 5.57 Å². The van der Waals surface area contributed by atoms with E-state index >= 15 is 0 Å². The van der Waals surface area contributed by atoms with Gasteiger partial charge in [-0.05, 0) is 41.3 Å². The van der Waals surface area contributed by atoms with E-state index in [1.165, 1.54) is 13.0 Å². The summed E-state index contributed by atoms with van der Waals surface area (Å²) in [7, 11) is 0. The predicted molar refractivity (Wildman–Crippen MR) is 68.4 cm³/mol. The van der Waals surface area contributed by atoms with E-state index in [1.807, 2.05) is 30.3 Å². The van der Waals surface area contributed by atoms with Gasteiger partial charge >= 0.3 is 4.83 Å². The molecule has 0 heterocycles. The van der Waals surface area contributed by atoms with Crippen LogP contribution in [0.3, 0.4) is 0 Å². The first-order chi connectivity index (χ1) is 7.89. The van der Waals surface area contributed by atoms with Crippen molar-refractivity contribution in [3.05, 3.63) is 47.5 Å². The Balaban J connectivity index is 2.48. The first-order valence-corrected chi connectivity index (χ1v) is 6.16. The average molecular weight is 305 g/mol. The fraction of sp³-hybridized carbons (Fsp3) is 0.385. The molecule has 94 valence electrons. The quantitative estimate of drug-likeness (QED) is 0.646. The van der Waals surface area contributed by atoms with Gasteiger partial charge < -0.3 is 5.11 Å². The van der Waals surface area contributed by atoms with Crippen LogP contribution in [0.25, 0.3) is 0 Å². The van der Waals surface area contributed by atoms with Crippen molar-refractivity contribution in [3.8, 4) is 0 Å². The molecule has 0 bridgehead atoms. The van der Waals surface area contributed by atoms with Crippen LogP contribution in [-0.4, -0.2) is 16.0 Å². The normalized spacial score (nSPS) is 14.8. The van der Waals surface area contributed by atoms with Gasteiger partial charge in [-0.25, -0.2) is 0 Å². The molecule has 1 aromatic carbocycles. The molecule has 1 unspecified atom stereocenters. The Labute approximate surface area is 108 Å². The van der Waals surface area contributed by atoms with Gasteiger partial charge in [0.2, 0.25) is 0 Å². The van der Waals surface area contributed by atoms with Crippen molar-refractivity contribution in [2.75, 3.05) is 0 Å². The maximum atomic E-state index is 12.8. The fourth-order valence-electron chi connectivity index (χ4n) is 1.43. The SMILES string of the molecule is C/C(=C\C(O)CCc1ccccc1)C(F)(F)Br. The number of allylic oxidation sites excluding steroid dienone is 1. The Kier molecular flexibility index (Phi) is 5.28. The predicted octanol–water partition coefficient (Wildman–Crippen LogP) is 3.91. The van der Waals surface area contributed by atoms with Crippen molar-refractivity contribution < 1.29 is 13.9 Å². The van der Waals surface area contributed by atoms with Gasteiger partial charge in [-0.15, -0.1) is 0 Å². The van der Waals surface area contributed by atoms with Gasteiger partial charge in [0.05, 0.1) is 6.10 Å². The molecular weight excluding hydrogens is 290 g/mol. The molecule has 1 atom stereocenters. The highest BCUT2D eigenvalue weighted by atomic mass is 79.9. The number of hydrogen-bond donors (Lipinski definition) is 1. The van der Waals surface area contributed by atoms with Gasteiger partial charge in [-0.3, -0.25) is 0 Å². The molecular formula is C13H15BrF2O. The van der Waals surface area contributed by atoms with Gasteiger partial charge in [0.1, 0.15) is 0 Å². The number of benzene rings is 1. The van der Waals surface area contributed by atoms with E-state index in [1.54, 1.807) is 0 Å². The Morgan fingerprint density at radius 2 is 2.00 bits per heavy atom. The molecule has 0 aliphatic carbocycles. The Morgan fingerprint density at radius 1 is 1.41 bits per heavy atom. The lowest BCUT2D eigenvalue weighted by atomic mass is 10.1. The van der Waals surface area contributed by atoms with Gasteiger partial charge in [0.15, 0.2) is 0 Å². The molecule has 0 saturated heterocycles. The minimum atomic E-state index is -3.04. The van der Waals surface area contributed by atoms with E-state index in [4.69, 9.17) is 0 Å². The first-order valence-electron chi connectivity index (χ1n) is 5.37. The lowest BCUT2D eigenvalue weighted by Gasteiger charge is -2.12. The molecule has 0 fully saturated rings. The van der Waals surface area contributed by atoms with Crippen molar-refractivity contribution in [2.45, 2.75) is 30.7 Å². The van der Waals surface area contributed by atoms with Crippen LogP contribution in [0, 0.1) is 0 Å². The summed E-state index contributed by atoms with van der Waals surface area (Å²) in [6.45, 7) is 1.29. The van der Waals surface area contributed by atoms with Crippen LogP contribution >= 0.6 is 15.9 Å². The Morgan fingerprint density at radius 3 is 2.53 bits per heavy atom. The van der Waals surface area contributed by atoms with E-state index in [2.05, 4.69) is 15.9 Å². The number of aliphatic hydroxyl groups is 1. The summed E-state index contributed by atoms with van der Waals surface area (Å²) < 4.78 is 25.6. The van der Waals surface area contributed by atoms with E-state index in [0.717, 1.165) is 5.56 Å². The van der Waals surface area contributed by atoms with Crippen LogP contribution in [0.5, 0.6) is 0 Å². The fourth-order valence-corrected chi connectivity index (χ4v) is 1.56. The third-order valence-corrected chi connectivity index (χ3v) is 3.09. The first kappa shape index (κ1) is 14.3. The molecule has 0 aromatic heterocycles. The summed E-state index contributed by atoms with van der Waals surface area (Å²) in [5.74, 6) is 0. The number of aryl methyl sites for hydroxylation is 1. The molecule has 1 rings (SSSR count). The van der Waals surface area contributed by atoms with Gasteiger partial charge in [-0.1, -0.05) is 36.4 Å². The second-order valence-corrected chi connectivity index (χ2v) is 4.94. The number of alkyl halides is 3. The molecule has 0 aliphatic rings. The van der Waals surface area contributed by atoms with E-state index in [9.17, 15) is 13.9 Å². The van der Waals surface area contributed by atoms with Crippen molar-refractivity contribution in [1.29, 1.82) is 0 Å². The molecule has 4 heteroatoms. The third kappa shape index (κ3) is 5.41. The Bertz CT molecular complexity index is 371. The smallest absolute Gasteiger partial charge is 0.322 e. The van der Waals surface area contributed by atoms with Gasteiger partial charge in [0, 0.05) is 5.57 Å². The molecule has 0 radical (unpaired) electrons. The highest BCUT2D eigenvalue weighted by Gasteiger charge is 2.26. The average Bonchev–Trinajstić information content (AvgIpc) is 2.26. The van der Waals surface area contributed by atoms with Crippen molar-refractivity contribution in [1.82, 2.24) is 0 Å². The number of aliphatic hydroxyl groups excluding tert-OH is 1. The Hall–Kier alpha value is -0.740. The summed E-state index contributed by atoms with van der Waals surface area (Å²) in [6, 6.07) is 9.63. The maximum Gasteiger partial charge on any atom is 0.322 e. The lowest BCUT2D eigenvalue weighted by Crippen LogP contribution is -2.12. The molecule has 1 nitrogen and oxygen atoms in total. The maximum absolute atomic E-state index is 12.8. The minimum absolute atomic E-state index is 0.168. The van der Waals surface area contributed by atoms with E-state index in [0.29, 0.717) is 12.8 Å². The van der Waals surface area contributed by atoms with E-state index < -0.39 is 10.9 Å². The third-order valence-electron chi connectivity index (χ3n) is 2.46. The van der Waals surface area contributed by atoms with Crippen LogP contribution in [-0.2, 0) is 6.42 Å². The van der Waals surface area contributed by atoms with Crippen LogP contribution in [0.4, 0.5) is 8.78 Å². The second-order valence-electron chi connectivity index (χ2n) is 3.94. The van der Waals surface area contributed by atoms with Gasteiger partial charge in [0.25, 0.3) is 0 Å². The largest absolute Gasteiger partial charge is 0.389 e. The summed E-state index contributed by atoms with van der Waals surface area (Å²) in [6.07, 6.45) is 1.44. The summed E-state index contributed by atoms with van der Waals surface area (Å²) in [4.78, 5) is -3.04. The number of halogens is 3. The lowest BCUT2D eigenvalue weighted by molar-refractivity contribution is 0.150. The van der Waals surface area contributed by atoms with Crippen molar-refractivity contribution >= 4 is 15.9 Å². The molecule has 0 aliphatic heterocycles. The molecule has 0 amide bonds. The highest BCUT2D eigenvalue weighted by molar-refractivity contribution is 9.10. The van der Waals surface area contributed by atoms with Crippen molar-refractivity contribution in [2.24, 2.45) is 0 Å². The topological polar surface area (TPSA) is 20.2 Å². The van der Waals surface area contributed by atoms with Gasteiger partial charge in [-0.2, -0.15) is 8.78 Å². The number of hydrogen-bond acceptors (Lipinski definition) is 1.